The predicted octanol–water partition coefficient (Wildman–Crippen LogP) is 1.93. The lowest BCUT2D eigenvalue weighted by Gasteiger charge is -2.16. The number of urea groups is 1. The van der Waals surface area contributed by atoms with Crippen molar-refractivity contribution in [2.24, 2.45) is 0 Å². The number of sulfone groups is 1. The van der Waals surface area contributed by atoms with Crippen molar-refractivity contribution < 1.29 is 35.9 Å². The monoisotopic (exact) mass is 435 g/mol. The Bertz CT molecular complexity index is 873. The fourth-order valence-corrected chi connectivity index (χ4v) is 5.87. The first kappa shape index (κ1) is 21.2. The number of fused-ring (bicyclic) bond motifs is 1. The van der Waals surface area contributed by atoms with Crippen molar-refractivity contribution in [3.63, 3.8) is 0 Å². The van der Waals surface area contributed by atoms with Gasteiger partial charge in [0.1, 0.15) is 5.75 Å². The number of carbonyl (C=O) groups excluding carboxylic acids is 2. The minimum atomic E-state index is -4.78. The molecule has 8 nitrogen and oxygen atoms in total. The molecule has 160 valence electrons. The summed E-state index contributed by atoms with van der Waals surface area (Å²) in [6, 6.07) is 3.54. The van der Waals surface area contributed by atoms with Gasteiger partial charge in [-0.25, -0.2) is 13.2 Å². The van der Waals surface area contributed by atoms with Gasteiger partial charge in [0.2, 0.25) is 5.91 Å². The fourth-order valence-electron chi connectivity index (χ4n) is 3.60. The largest absolute Gasteiger partial charge is 0.573 e. The van der Waals surface area contributed by atoms with E-state index in [9.17, 15) is 31.2 Å². The molecule has 12 heteroatoms. The number of carbonyl (C=O) groups is 2. The van der Waals surface area contributed by atoms with Gasteiger partial charge in [-0.1, -0.05) is 6.42 Å². The number of benzene rings is 1. The topological polar surface area (TPSA) is 114 Å². The van der Waals surface area contributed by atoms with Crippen LogP contribution in [-0.2, 0) is 14.6 Å². The Morgan fingerprint density at radius 1 is 1.17 bits per heavy atom. The molecule has 0 spiro atoms. The lowest BCUT2D eigenvalue weighted by atomic mass is 10.0. The van der Waals surface area contributed by atoms with Gasteiger partial charge < -0.3 is 20.7 Å². The number of ether oxygens (including phenoxy) is 1. The number of rotatable bonds is 7. The number of halogens is 3. The minimum absolute atomic E-state index is 0.0877. The fraction of sp³-hybridized carbons (Fsp3) is 0.529. The zero-order chi connectivity index (χ0) is 21.2. The van der Waals surface area contributed by atoms with E-state index >= 15 is 0 Å². The second-order valence-corrected chi connectivity index (χ2v) is 9.25. The molecule has 0 unspecified atom stereocenters. The van der Waals surface area contributed by atoms with Crippen LogP contribution in [0.2, 0.25) is 0 Å². The highest BCUT2D eigenvalue weighted by Crippen LogP contribution is 2.28. The van der Waals surface area contributed by atoms with Crippen molar-refractivity contribution in [3.05, 3.63) is 24.3 Å². The van der Waals surface area contributed by atoms with E-state index in [2.05, 4.69) is 20.7 Å². The van der Waals surface area contributed by atoms with Crippen LogP contribution in [0.1, 0.15) is 25.7 Å². The molecule has 2 fully saturated rings. The number of nitrogens with one attached hydrogen (secondary N) is 3. The molecule has 0 aliphatic carbocycles. The standard InChI is InChI=1S/C17H20F3N3O5S/c18-17(19,20)28-11-7-5-10(6-8-11)21-14(24)4-2-1-3-13-15-12(9-29(13,26)27)22-16(25)23-15/h5-8,12-13,15H,1-4,9H2,(H,21,24)(H2,22,23,25)/t12-,13-,15-/m1/s1. The summed E-state index contributed by atoms with van der Waals surface area (Å²) in [5, 5.41) is 7.11. The molecular weight excluding hydrogens is 415 g/mol. The molecule has 3 rings (SSSR count). The summed E-state index contributed by atoms with van der Waals surface area (Å²) in [5.41, 5.74) is 0.325. The maximum Gasteiger partial charge on any atom is 0.573 e. The molecule has 2 aliphatic rings. The Morgan fingerprint density at radius 3 is 2.52 bits per heavy atom. The molecule has 0 radical (unpaired) electrons. The van der Waals surface area contributed by atoms with Crippen molar-refractivity contribution >= 4 is 27.5 Å². The van der Waals surface area contributed by atoms with Crippen molar-refractivity contribution in [1.82, 2.24) is 10.6 Å². The Balaban J connectivity index is 1.41. The zero-order valence-electron chi connectivity index (χ0n) is 15.2. The molecule has 3 atom stereocenters. The number of alkyl halides is 3. The molecule has 2 aliphatic heterocycles. The summed E-state index contributed by atoms with van der Waals surface area (Å²) in [7, 11) is -3.31. The van der Waals surface area contributed by atoms with Crippen molar-refractivity contribution in [1.29, 1.82) is 0 Å². The summed E-state index contributed by atoms with van der Waals surface area (Å²) in [6.07, 6.45) is -3.40. The average molecular weight is 435 g/mol. The third-order valence-corrected chi connectivity index (χ3v) is 7.11. The van der Waals surface area contributed by atoms with E-state index < -0.39 is 33.5 Å². The number of anilines is 1. The van der Waals surface area contributed by atoms with Crippen LogP contribution in [0.15, 0.2) is 24.3 Å². The summed E-state index contributed by atoms with van der Waals surface area (Å²) in [6.45, 7) is 0. The number of amides is 3. The quantitative estimate of drug-likeness (QED) is 0.447. The van der Waals surface area contributed by atoms with Gasteiger partial charge in [-0.2, -0.15) is 0 Å². The lowest BCUT2D eigenvalue weighted by Crippen LogP contribution is -2.39. The van der Waals surface area contributed by atoms with E-state index in [1.54, 1.807) is 0 Å². The van der Waals surface area contributed by atoms with Crippen LogP contribution in [0.25, 0.3) is 0 Å². The SMILES string of the molecule is O=C(CCCC[C@@H]1[C@@H]2NC(=O)N[C@@H]2CS1(=O)=O)Nc1ccc(OC(F)(F)F)cc1. The smallest absolute Gasteiger partial charge is 0.406 e. The maximum absolute atomic E-state index is 12.2. The van der Waals surface area contributed by atoms with Crippen molar-refractivity contribution in [2.75, 3.05) is 11.1 Å². The molecule has 0 aromatic heterocycles. The number of hydrogen-bond donors (Lipinski definition) is 3. The number of hydrogen-bond acceptors (Lipinski definition) is 5. The van der Waals surface area contributed by atoms with E-state index in [0.29, 0.717) is 24.9 Å². The van der Waals surface area contributed by atoms with Gasteiger partial charge in [-0.05, 0) is 37.1 Å². The third-order valence-electron chi connectivity index (χ3n) is 4.84. The van der Waals surface area contributed by atoms with Crippen LogP contribution in [0.4, 0.5) is 23.7 Å². The Labute approximate surface area is 165 Å². The number of unbranched alkanes of at least 4 members (excludes halogenated alkanes) is 1. The predicted molar refractivity (Wildman–Crippen MR) is 97.0 cm³/mol. The van der Waals surface area contributed by atoms with Crippen molar-refractivity contribution in [2.45, 2.75) is 49.4 Å². The highest BCUT2D eigenvalue weighted by Gasteiger charge is 2.51. The van der Waals surface area contributed by atoms with Gasteiger partial charge in [0.15, 0.2) is 9.84 Å². The molecule has 1 aromatic rings. The molecule has 2 saturated heterocycles. The Morgan fingerprint density at radius 2 is 1.86 bits per heavy atom. The lowest BCUT2D eigenvalue weighted by molar-refractivity contribution is -0.274. The summed E-state index contributed by atoms with van der Waals surface area (Å²) >= 11 is 0. The van der Waals surface area contributed by atoms with Crippen LogP contribution < -0.4 is 20.7 Å². The van der Waals surface area contributed by atoms with Gasteiger partial charge in [0, 0.05) is 12.1 Å². The van der Waals surface area contributed by atoms with Gasteiger partial charge >= 0.3 is 12.4 Å². The second kappa shape index (κ2) is 8.09. The third kappa shape index (κ3) is 5.52. The second-order valence-electron chi connectivity index (χ2n) is 6.98. The van der Waals surface area contributed by atoms with Crippen LogP contribution in [0, 0.1) is 0 Å². The highest BCUT2D eigenvalue weighted by molar-refractivity contribution is 7.92. The molecule has 29 heavy (non-hydrogen) atoms. The molecule has 0 saturated carbocycles. The van der Waals surface area contributed by atoms with Gasteiger partial charge in [-0.15, -0.1) is 13.2 Å². The first-order chi connectivity index (χ1) is 13.5. The molecule has 0 bridgehead atoms. The van der Waals surface area contributed by atoms with Gasteiger partial charge in [0.05, 0.1) is 23.1 Å². The van der Waals surface area contributed by atoms with Gasteiger partial charge in [0.25, 0.3) is 0 Å². The molecular formula is C17H20F3N3O5S. The zero-order valence-corrected chi connectivity index (χ0v) is 16.0. The summed E-state index contributed by atoms with van der Waals surface area (Å²) in [4.78, 5) is 23.3. The van der Waals surface area contributed by atoms with E-state index in [1.165, 1.54) is 12.1 Å². The maximum atomic E-state index is 12.2. The summed E-state index contributed by atoms with van der Waals surface area (Å²) < 4.78 is 64.5. The highest BCUT2D eigenvalue weighted by atomic mass is 32.2. The van der Waals surface area contributed by atoms with E-state index in [-0.39, 0.29) is 29.9 Å². The molecule has 1 aromatic carbocycles. The average Bonchev–Trinajstić information content (AvgIpc) is 3.04. The molecule has 2 heterocycles. The Kier molecular flexibility index (Phi) is 5.92. The van der Waals surface area contributed by atoms with Crippen LogP contribution in [0.5, 0.6) is 5.75 Å². The molecule has 3 N–H and O–H groups in total. The van der Waals surface area contributed by atoms with E-state index in [4.69, 9.17) is 0 Å². The first-order valence-corrected chi connectivity index (χ1v) is 10.7. The normalized spacial score (nSPS) is 25.1. The Hall–Kier alpha value is -2.50. The van der Waals surface area contributed by atoms with Crippen LogP contribution in [-0.4, -0.2) is 49.8 Å². The van der Waals surface area contributed by atoms with Crippen LogP contribution >= 0.6 is 0 Å². The first-order valence-electron chi connectivity index (χ1n) is 8.98. The minimum Gasteiger partial charge on any atom is -0.406 e. The van der Waals surface area contributed by atoms with Crippen LogP contribution in [0.3, 0.4) is 0 Å². The summed E-state index contributed by atoms with van der Waals surface area (Å²) in [5.74, 6) is -0.812. The van der Waals surface area contributed by atoms with Crippen molar-refractivity contribution in [3.8, 4) is 5.75 Å². The van der Waals surface area contributed by atoms with Gasteiger partial charge in [-0.3, -0.25) is 4.79 Å². The molecule has 3 amide bonds. The van der Waals surface area contributed by atoms with E-state index in [1.807, 2.05) is 0 Å². The van der Waals surface area contributed by atoms with E-state index in [0.717, 1.165) is 12.1 Å².